The number of aromatic carboxylic acids is 1. The van der Waals surface area contributed by atoms with Crippen molar-refractivity contribution in [3.8, 4) is 11.1 Å². The molecule has 6 aromatic rings. The van der Waals surface area contributed by atoms with Crippen LogP contribution in [0.1, 0.15) is 147 Å². The third-order valence-electron chi connectivity index (χ3n) is 20.5. The summed E-state index contributed by atoms with van der Waals surface area (Å²) < 4.78 is 28.0. The van der Waals surface area contributed by atoms with Crippen LogP contribution in [0.25, 0.3) is 27.4 Å². The molecule has 1 saturated heterocycles. The van der Waals surface area contributed by atoms with Crippen molar-refractivity contribution in [1.29, 1.82) is 0 Å². The Balaban J connectivity index is 0.620. The van der Waals surface area contributed by atoms with Gasteiger partial charge in [-0.25, -0.2) is 19.6 Å². The van der Waals surface area contributed by atoms with Crippen molar-refractivity contribution in [2.75, 3.05) is 80.7 Å². The highest BCUT2D eigenvalue weighted by molar-refractivity contribution is 7.51. The predicted molar refractivity (Wildman–Crippen MR) is 375 cm³/mol. The van der Waals surface area contributed by atoms with Crippen LogP contribution in [0.5, 0.6) is 0 Å². The van der Waals surface area contributed by atoms with Crippen molar-refractivity contribution in [1.82, 2.24) is 39.8 Å². The second kappa shape index (κ2) is 29.8. The average Bonchev–Trinajstić information content (AvgIpc) is 1.00. The first-order chi connectivity index (χ1) is 47.4. The zero-order valence-corrected chi connectivity index (χ0v) is 58.1. The van der Waals surface area contributed by atoms with Crippen molar-refractivity contribution < 1.29 is 62.5 Å². The average molecular weight is 1390 g/mol. The van der Waals surface area contributed by atoms with Crippen molar-refractivity contribution in [2.45, 2.75) is 142 Å². The molecular weight excluding hydrogens is 1300 g/mol. The van der Waals surface area contributed by atoms with Gasteiger partial charge >= 0.3 is 19.7 Å². The molecule has 3 aromatic heterocycles. The van der Waals surface area contributed by atoms with E-state index in [1.807, 2.05) is 71.1 Å². The first-order valence-corrected chi connectivity index (χ1v) is 36.9. The molecular formula is C73H87N11O13PS. The minimum absolute atomic E-state index is 0.0132. The number of carbonyl (C=O) groups is 7. The van der Waals surface area contributed by atoms with Gasteiger partial charge in [0.05, 0.1) is 34.8 Å². The van der Waals surface area contributed by atoms with Gasteiger partial charge in [0.2, 0.25) is 11.8 Å². The fraction of sp³-hybridized carbons (Fsp3) is 0.479. The van der Waals surface area contributed by atoms with Crippen LogP contribution in [-0.4, -0.2) is 168 Å². The smallest absolute Gasteiger partial charge is 0.410 e. The number of anilines is 3. The molecule has 2 atom stereocenters. The summed E-state index contributed by atoms with van der Waals surface area (Å²) in [6.45, 7) is 11.2. The van der Waals surface area contributed by atoms with E-state index < -0.39 is 25.3 Å². The number of hydrogen-bond donors (Lipinski definition) is 6. The number of unbranched alkanes of at least 4 members (excludes halogenated alkanes) is 2. The molecule has 4 aliphatic carbocycles. The minimum atomic E-state index is -4.24. The third kappa shape index (κ3) is 17.1. The molecule has 5 fully saturated rings. The molecule has 13 rings (SSSR count). The maximum absolute atomic E-state index is 13.8. The summed E-state index contributed by atoms with van der Waals surface area (Å²) in [4.78, 5) is 125. The van der Waals surface area contributed by atoms with Crippen LogP contribution in [0.3, 0.4) is 0 Å². The highest BCUT2D eigenvalue weighted by Gasteiger charge is 2.66. The summed E-state index contributed by atoms with van der Waals surface area (Å²) in [5, 5.41) is 24.8. The van der Waals surface area contributed by atoms with Gasteiger partial charge in [0.1, 0.15) is 12.4 Å². The van der Waals surface area contributed by atoms with Gasteiger partial charge in [-0.05, 0) is 166 Å². The normalized spacial score (nSPS) is 22.1. The number of para-hydroxylation sites is 1. The summed E-state index contributed by atoms with van der Waals surface area (Å²) >= 11 is 1.42. The maximum Gasteiger partial charge on any atom is 0.410 e. The lowest BCUT2D eigenvalue weighted by atomic mass is 9.39. The van der Waals surface area contributed by atoms with Gasteiger partial charge in [0.25, 0.3) is 17.7 Å². The van der Waals surface area contributed by atoms with Gasteiger partial charge in [0.15, 0.2) is 10.8 Å². The number of fused-ring (bicyclic) bond motifs is 2. The molecule has 3 aromatic carbocycles. The van der Waals surface area contributed by atoms with E-state index >= 15 is 0 Å². The Bertz CT molecular complexity index is 4110. The monoisotopic (exact) mass is 1390 g/mol. The molecule has 1 radical (unpaired) electrons. The SMILES string of the molecule is Cc1c(-c2ccc(N3CCc4cccc(C(=O)Nc5nc6ccccc6s5)c4C3)nc2C(=O)O)cnn1CC12CC3(C)CC(C)(C1)CC(OCCN(CCCP(=O)(O)O)C1CCN(C(=O)OC/C=C/c4cc[c]c(NC(=O)CCNC(=O)CCCCCN5C(=O)C=CC5=O)c4)CC1)(C3)C2. The Hall–Kier alpha value is -8.45. The number of carboxylic acid groups (broad SMARTS) is 1. The van der Waals surface area contributed by atoms with E-state index in [9.17, 15) is 53.0 Å². The molecule has 0 spiro atoms. The number of nitrogens with zero attached hydrogens (tertiary/aromatic N) is 8. The van der Waals surface area contributed by atoms with Crippen LogP contribution in [0.15, 0.2) is 97.2 Å². The van der Waals surface area contributed by atoms with Crippen molar-refractivity contribution in [3.63, 3.8) is 0 Å². The highest BCUT2D eigenvalue weighted by Crippen LogP contribution is 2.72. The van der Waals surface area contributed by atoms with Crippen molar-refractivity contribution >= 4 is 93.5 Å². The summed E-state index contributed by atoms with van der Waals surface area (Å²) in [5.74, 6) is -2.03. The predicted octanol–water partition coefficient (Wildman–Crippen LogP) is 10.4. The number of likely N-dealkylation sites (tertiary alicyclic amines) is 1. The Morgan fingerprint density at radius 2 is 1.62 bits per heavy atom. The Morgan fingerprint density at radius 1 is 0.838 bits per heavy atom. The van der Waals surface area contributed by atoms with Crippen molar-refractivity contribution in [3.05, 3.63) is 137 Å². The number of hydrogen-bond acceptors (Lipinski definition) is 16. The van der Waals surface area contributed by atoms with Gasteiger partial charge in [-0.2, -0.15) is 5.10 Å². The lowest BCUT2D eigenvalue weighted by molar-refractivity contribution is -0.249. The van der Waals surface area contributed by atoms with Gasteiger partial charge in [-0.3, -0.25) is 48.3 Å². The lowest BCUT2D eigenvalue weighted by Crippen LogP contribution is -2.64. The Labute approximate surface area is 579 Å². The lowest BCUT2D eigenvalue weighted by Gasteiger charge is -2.69. The van der Waals surface area contributed by atoms with E-state index in [0.717, 1.165) is 71.1 Å². The summed E-state index contributed by atoms with van der Waals surface area (Å²) in [7, 11) is -4.24. The van der Waals surface area contributed by atoms with Crippen LogP contribution >= 0.6 is 18.9 Å². The minimum Gasteiger partial charge on any atom is -0.476 e. The molecule has 2 unspecified atom stereocenters. The fourth-order valence-corrected chi connectivity index (χ4v) is 18.6. The number of carboxylic acids is 1. The molecule has 4 saturated carbocycles. The Kier molecular flexibility index (Phi) is 21.2. The van der Waals surface area contributed by atoms with Crippen molar-refractivity contribution in [2.24, 2.45) is 16.2 Å². The molecule has 3 aliphatic heterocycles. The molecule has 99 heavy (non-hydrogen) atoms. The van der Waals surface area contributed by atoms with E-state index in [1.165, 1.54) is 28.4 Å². The molecule has 26 heteroatoms. The van der Waals surface area contributed by atoms with Crippen LogP contribution < -0.4 is 20.9 Å². The number of amides is 6. The number of piperidine rings is 1. The molecule has 7 aliphatic rings. The summed E-state index contributed by atoms with van der Waals surface area (Å²) in [6, 6.07) is 25.4. The molecule has 6 heterocycles. The first-order valence-electron chi connectivity index (χ1n) is 34.3. The maximum atomic E-state index is 13.8. The number of imide groups is 1. The van der Waals surface area contributed by atoms with E-state index in [-0.39, 0.29) is 89.7 Å². The Morgan fingerprint density at radius 3 is 2.37 bits per heavy atom. The standard InChI is InChI=1S/C73H87N11O13PS/c1-49-56(54-21-22-60(78-65(54)67(90)91)82-32-26-51-15-10-17-55(57(51)41-82)66(89)79-68-77-58-18-6-7-19-59(58)99-68)40-75-84(49)48-72-43-70(2)42-71(3,44-72)46-73(45-70,47-72)97-37-35-80(30-12-38-98(93,94)95)53-27-33-81(34-28-53)69(92)96-36-11-14-50-13-9-16-52(39-50)76-62(86)25-29-74-61(85)20-5-4-8-31-83-63(87)23-24-64(83)88/h6-7,9-11,13-15,17-19,21-24,39-40,53H,4-5,8,12,20,25-38,41-48H2,1-3H3,(H,74,85)(H,76,86)(H,90,91)(H,77,79,89)(H2,93,94,95)/b14-11+. The number of carbonyl (C=O) groups excluding carboxylic acids is 6. The van der Waals surface area contributed by atoms with E-state index in [4.69, 9.17) is 19.6 Å². The van der Waals surface area contributed by atoms with Crippen LogP contribution in [0, 0.1) is 29.2 Å². The molecule has 6 amide bonds. The largest absolute Gasteiger partial charge is 0.476 e. The number of aromatic nitrogens is 4. The zero-order chi connectivity index (χ0) is 69.7. The highest BCUT2D eigenvalue weighted by atomic mass is 32.1. The topological polar surface area (TPSA) is 308 Å². The van der Waals surface area contributed by atoms with Crippen LogP contribution in [0.2, 0.25) is 0 Å². The second-order valence-corrected chi connectivity index (χ2v) is 31.4. The number of nitrogens with one attached hydrogen (secondary N) is 3. The van der Waals surface area contributed by atoms with Crippen LogP contribution in [0.4, 0.5) is 21.4 Å². The first kappa shape index (κ1) is 70.4. The summed E-state index contributed by atoms with van der Waals surface area (Å²) in [5.41, 5.74) is 5.87. The van der Waals surface area contributed by atoms with Gasteiger partial charge in [-0.1, -0.05) is 74.1 Å². The number of ether oxygens (including phenoxy) is 2. The third-order valence-corrected chi connectivity index (χ3v) is 22.3. The van der Waals surface area contributed by atoms with E-state index in [1.54, 1.807) is 41.4 Å². The van der Waals surface area contributed by atoms with Crippen LogP contribution in [-0.2, 0) is 52.7 Å². The number of rotatable bonds is 29. The molecule has 523 valence electrons. The van der Waals surface area contributed by atoms with Gasteiger partial charge in [0, 0.05) is 118 Å². The molecule has 4 bridgehead atoms. The number of pyridine rings is 1. The van der Waals surface area contributed by atoms with Gasteiger partial charge < -0.3 is 44.8 Å². The number of thiazole rings is 1. The van der Waals surface area contributed by atoms with E-state index in [0.29, 0.717) is 137 Å². The van der Waals surface area contributed by atoms with E-state index in [2.05, 4.69) is 45.7 Å². The van der Waals surface area contributed by atoms with Gasteiger partial charge in [-0.15, -0.1) is 0 Å². The number of benzene rings is 3. The summed E-state index contributed by atoms with van der Waals surface area (Å²) in [6.07, 6.45) is 17.3. The zero-order valence-electron chi connectivity index (χ0n) is 56.3. The fourth-order valence-electron chi connectivity index (χ4n) is 17.2. The second-order valence-electron chi connectivity index (χ2n) is 28.6. The molecule has 24 nitrogen and oxygen atoms in total. The quantitative estimate of drug-likeness (QED) is 0.0144. The molecule has 6 N–H and O–H groups in total.